The number of amides is 1. The van der Waals surface area contributed by atoms with E-state index in [0.29, 0.717) is 5.92 Å². The van der Waals surface area contributed by atoms with Crippen LogP contribution in [0, 0.1) is 5.92 Å². The molecular weight excluding hydrogens is 338 g/mol. The van der Waals surface area contributed by atoms with Crippen molar-refractivity contribution in [3.05, 3.63) is 48.0 Å². The van der Waals surface area contributed by atoms with Gasteiger partial charge in [0.2, 0.25) is 0 Å². The smallest absolute Gasteiger partial charge is 0.410 e. The first-order valence-electron chi connectivity index (χ1n) is 10.0. The Bertz CT molecular complexity index is 836. The number of carbonyl (C=O) groups is 1. The zero-order valence-electron chi connectivity index (χ0n) is 16.4. The third-order valence-electron chi connectivity index (χ3n) is 5.99. The number of carbonyl (C=O) groups excluding carboxylic acids is 1. The van der Waals surface area contributed by atoms with E-state index in [1.165, 1.54) is 0 Å². The average molecular weight is 367 g/mol. The number of nitrogens with zero attached hydrogens (tertiary/aromatic N) is 1. The average Bonchev–Trinajstić information content (AvgIpc) is 3.19. The Morgan fingerprint density at radius 1 is 1.15 bits per heavy atom. The van der Waals surface area contributed by atoms with Crippen LogP contribution in [-0.2, 0) is 4.74 Å². The van der Waals surface area contributed by atoms with E-state index in [2.05, 4.69) is 12.1 Å². The molecule has 1 amide bonds. The maximum absolute atomic E-state index is 13.0. The van der Waals surface area contributed by atoms with Crippen LogP contribution in [0.1, 0.15) is 58.1 Å². The minimum atomic E-state index is -0.714. The summed E-state index contributed by atoms with van der Waals surface area (Å²) in [6.07, 6.45) is 3.11. The molecule has 4 heteroatoms. The molecule has 2 fully saturated rings. The van der Waals surface area contributed by atoms with E-state index in [4.69, 9.17) is 4.74 Å². The van der Waals surface area contributed by atoms with Gasteiger partial charge in [-0.3, -0.25) is 4.90 Å². The zero-order chi connectivity index (χ0) is 19.2. The molecule has 4 atom stereocenters. The number of aliphatic hydroxyl groups excluding tert-OH is 1. The predicted molar refractivity (Wildman–Crippen MR) is 107 cm³/mol. The summed E-state index contributed by atoms with van der Waals surface area (Å²) in [4.78, 5) is 14.9. The van der Waals surface area contributed by atoms with Gasteiger partial charge >= 0.3 is 6.09 Å². The molecular formula is C23H29NO3. The van der Waals surface area contributed by atoms with Crippen LogP contribution in [0.2, 0.25) is 0 Å². The quantitative estimate of drug-likeness (QED) is 0.808. The highest BCUT2D eigenvalue weighted by molar-refractivity contribution is 5.86. The maximum atomic E-state index is 13.0. The monoisotopic (exact) mass is 367 g/mol. The lowest BCUT2D eigenvalue weighted by Crippen LogP contribution is -2.46. The fourth-order valence-corrected chi connectivity index (χ4v) is 4.91. The molecule has 1 N–H and O–H groups in total. The van der Waals surface area contributed by atoms with Crippen molar-refractivity contribution in [1.82, 2.24) is 4.90 Å². The highest BCUT2D eigenvalue weighted by atomic mass is 16.6. The second-order valence-corrected chi connectivity index (χ2v) is 8.96. The second kappa shape index (κ2) is 6.83. The van der Waals surface area contributed by atoms with Crippen LogP contribution in [0.25, 0.3) is 10.8 Å². The maximum Gasteiger partial charge on any atom is 0.410 e. The van der Waals surface area contributed by atoms with E-state index in [1.807, 2.05) is 56.0 Å². The van der Waals surface area contributed by atoms with E-state index in [1.54, 1.807) is 0 Å². The first-order chi connectivity index (χ1) is 12.8. The molecule has 4 nitrogen and oxygen atoms in total. The van der Waals surface area contributed by atoms with Gasteiger partial charge in [-0.05, 0) is 62.3 Å². The third-order valence-corrected chi connectivity index (χ3v) is 5.99. The topological polar surface area (TPSA) is 49.8 Å². The van der Waals surface area contributed by atoms with E-state index in [0.717, 1.165) is 42.0 Å². The van der Waals surface area contributed by atoms with Crippen LogP contribution >= 0.6 is 0 Å². The summed E-state index contributed by atoms with van der Waals surface area (Å²) in [6.45, 7) is 5.68. The zero-order valence-corrected chi connectivity index (χ0v) is 16.4. The molecule has 1 aliphatic heterocycles. The normalized spacial score (nSPS) is 26.2. The van der Waals surface area contributed by atoms with Crippen molar-refractivity contribution >= 4 is 16.9 Å². The molecule has 1 saturated heterocycles. The Labute approximate surface area is 161 Å². The van der Waals surface area contributed by atoms with Crippen molar-refractivity contribution < 1.29 is 14.6 Å². The summed E-state index contributed by atoms with van der Waals surface area (Å²) in [7, 11) is 0. The molecule has 0 unspecified atom stereocenters. The van der Waals surface area contributed by atoms with Gasteiger partial charge in [0.25, 0.3) is 0 Å². The van der Waals surface area contributed by atoms with Gasteiger partial charge in [0.15, 0.2) is 0 Å². The van der Waals surface area contributed by atoms with Gasteiger partial charge in [-0.25, -0.2) is 4.79 Å². The van der Waals surface area contributed by atoms with Crippen LogP contribution in [0.4, 0.5) is 4.79 Å². The number of hydrogen-bond donors (Lipinski definition) is 1. The number of likely N-dealkylation sites (tertiary alicyclic amines) is 1. The highest BCUT2D eigenvalue weighted by Crippen LogP contribution is 2.46. The molecule has 27 heavy (non-hydrogen) atoms. The molecule has 2 aromatic carbocycles. The van der Waals surface area contributed by atoms with Crippen molar-refractivity contribution in [2.45, 2.75) is 70.2 Å². The van der Waals surface area contributed by atoms with Gasteiger partial charge in [-0.1, -0.05) is 48.9 Å². The van der Waals surface area contributed by atoms with E-state index >= 15 is 0 Å². The number of benzene rings is 2. The predicted octanol–water partition coefficient (Wildman–Crippen LogP) is 5.05. The van der Waals surface area contributed by atoms with Crippen molar-refractivity contribution in [1.29, 1.82) is 0 Å². The number of hydrogen-bond acceptors (Lipinski definition) is 3. The Kier molecular flexibility index (Phi) is 4.63. The molecule has 1 aliphatic carbocycles. The number of fused-ring (bicyclic) bond motifs is 2. The summed E-state index contributed by atoms with van der Waals surface area (Å²) in [5.41, 5.74) is 0.356. The Morgan fingerprint density at radius 2 is 1.89 bits per heavy atom. The van der Waals surface area contributed by atoms with Crippen LogP contribution in [0.5, 0.6) is 0 Å². The van der Waals surface area contributed by atoms with Crippen molar-refractivity contribution in [3.63, 3.8) is 0 Å². The summed E-state index contributed by atoms with van der Waals surface area (Å²) in [5.74, 6) is 0.465. The van der Waals surface area contributed by atoms with Crippen molar-refractivity contribution in [2.24, 2.45) is 5.92 Å². The molecule has 0 radical (unpaired) electrons. The van der Waals surface area contributed by atoms with E-state index in [-0.39, 0.29) is 18.2 Å². The standard InChI is InChI=1S/C23H29NO3/c1-23(2,3)27-22(26)24-19-13-7-10-16(19)14-20(24)21(25)18-12-6-9-15-8-4-5-11-17(15)18/h4-6,8-9,11-12,16,19-21,25H,7,10,13-14H2,1-3H3/t16-,19-,20+,21+/m1/s1. The first kappa shape index (κ1) is 18.3. The van der Waals surface area contributed by atoms with Gasteiger partial charge in [-0.2, -0.15) is 0 Å². The fraction of sp³-hybridized carbons (Fsp3) is 0.522. The van der Waals surface area contributed by atoms with Crippen LogP contribution in [0.3, 0.4) is 0 Å². The van der Waals surface area contributed by atoms with E-state index in [9.17, 15) is 9.90 Å². The van der Waals surface area contributed by atoms with Crippen LogP contribution in [-0.4, -0.2) is 33.8 Å². The fourth-order valence-electron chi connectivity index (χ4n) is 4.91. The van der Waals surface area contributed by atoms with Gasteiger partial charge in [0.1, 0.15) is 11.7 Å². The molecule has 0 aromatic heterocycles. The Balaban J connectivity index is 1.68. The summed E-state index contributed by atoms with van der Waals surface area (Å²) in [5, 5.41) is 13.5. The Morgan fingerprint density at radius 3 is 2.67 bits per heavy atom. The first-order valence-corrected chi connectivity index (χ1v) is 10.0. The lowest BCUT2D eigenvalue weighted by atomic mass is 9.92. The second-order valence-electron chi connectivity index (χ2n) is 8.96. The molecule has 144 valence electrons. The molecule has 2 aliphatic rings. The molecule has 2 aromatic rings. The summed E-state index contributed by atoms with van der Waals surface area (Å²) < 4.78 is 5.71. The molecule has 1 saturated carbocycles. The summed E-state index contributed by atoms with van der Waals surface area (Å²) >= 11 is 0. The lowest BCUT2D eigenvalue weighted by Gasteiger charge is -2.34. The van der Waals surface area contributed by atoms with Gasteiger partial charge in [0, 0.05) is 6.04 Å². The summed E-state index contributed by atoms with van der Waals surface area (Å²) in [6, 6.07) is 14.1. The third kappa shape index (κ3) is 3.43. The van der Waals surface area contributed by atoms with Gasteiger partial charge in [-0.15, -0.1) is 0 Å². The molecule has 4 rings (SSSR count). The lowest BCUT2D eigenvalue weighted by molar-refractivity contribution is -0.00478. The minimum absolute atomic E-state index is 0.189. The largest absolute Gasteiger partial charge is 0.444 e. The van der Waals surface area contributed by atoms with Crippen molar-refractivity contribution in [3.8, 4) is 0 Å². The Hall–Kier alpha value is -2.07. The SMILES string of the molecule is CC(C)(C)OC(=O)N1[C@@H]2CCC[C@@H]2C[C@H]1[C@@H](O)c1cccc2ccccc12. The van der Waals surface area contributed by atoms with Crippen LogP contribution < -0.4 is 0 Å². The number of aliphatic hydroxyl groups is 1. The minimum Gasteiger partial charge on any atom is -0.444 e. The number of ether oxygens (including phenoxy) is 1. The van der Waals surface area contributed by atoms with Gasteiger partial charge < -0.3 is 9.84 Å². The molecule has 0 bridgehead atoms. The molecule has 1 heterocycles. The molecule has 0 spiro atoms. The van der Waals surface area contributed by atoms with E-state index < -0.39 is 11.7 Å². The van der Waals surface area contributed by atoms with Gasteiger partial charge in [0.05, 0.1) is 6.04 Å². The van der Waals surface area contributed by atoms with Crippen molar-refractivity contribution in [2.75, 3.05) is 0 Å². The van der Waals surface area contributed by atoms with Crippen LogP contribution in [0.15, 0.2) is 42.5 Å². The highest BCUT2D eigenvalue weighted by Gasteiger charge is 2.49. The number of rotatable bonds is 2.